The van der Waals surface area contributed by atoms with Crippen LogP contribution in [0.4, 0.5) is 0 Å². The molecule has 0 aromatic heterocycles. The molecule has 0 aromatic rings. The van der Waals surface area contributed by atoms with Crippen molar-refractivity contribution >= 4 is 28.9 Å². The van der Waals surface area contributed by atoms with Gasteiger partial charge in [-0.1, -0.05) is 26.5 Å². The predicted molar refractivity (Wildman–Crippen MR) is 164 cm³/mol. The first-order valence-corrected chi connectivity index (χ1v) is 14.4. The lowest BCUT2D eigenvalue weighted by molar-refractivity contribution is -0.140. The van der Waals surface area contributed by atoms with Crippen LogP contribution in [0.1, 0.15) is 53.4 Å². The maximum Gasteiger partial charge on any atom is 0.305 e. The van der Waals surface area contributed by atoms with Gasteiger partial charge in [0.05, 0.1) is 47.6 Å². The van der Waals surface area contributed by atoms with Crippen molar-refractivity contribution in [3.63, 3.8) is 0 Å². The number of Topliss-reactive ketones (excluding diaryl/α,β-unsaturated/α-hetero) is 1. The molecular weight excluding hydrogens is 528 g/mol. The number of methoxy groups -OCH3 is 1. The van der Waals surface area contributed by atoms with Gasteiger partial charge in [0.15, 0.2) is 5.78 Å². The summed E-state index contributed by atoms with van der Waals surface area (Å²) < 4.78 is 4.95. The second-order valence-electron chi connectivity index (χ2n) is 11.2. The fourth-order valence-electron chi connectivity index (χ4n) is 6.70. The van der Waals surface area contributed by atoms with Gasteiger partial charge in [-0.05, 0) is 61.6 Å². The fraction of sp³-hybridized carbons (Fsp3) is 0.324. The highest BCUT2D eigenvalue weighted by Gasteiger charge is 2.43. The molecule has 8 bridgehead atoms. The minimum Gasteiger partial charge on any atom is -0.515 e. The standard InChI is InChI=1S/C34H34N4O4/c1-7-19-16(3)24-12-25-17(4)21(9-10-31(41)42-6)33(37-25)22-11-30(40)32-18(5)26(38-34(22)32)13-28-20(8-2)23(15-39)29(36-28)14-27(19)35-24/h7,12-15,17,21,37,39H,1,8-11H2,2-6H3/b23-15-,25-12?,26-13?,27-14?,33-22?. The normalized spacial score (nSPS) is 25.5. The first-order chi connectivity index (χ1) is 20.2. The number of carbonyl (C=O) groups is 2. The average molecular weight is 563 g/mol. The van der Waals surface area contributed by atoms with Crippen molar-refractivity contribution in [3.8, 4) is 0 Å². The molecule has 2 fully saturated rings. The smallest absolute Gasteiger partial charge is 0.305 e. The molecule has 2 atom stereocenters. The third kappa shape index (κ3) is 4.16. The summed E-state index contributed by atoms with van der Waals surface area (Å²) in [5, 5.41) is 13.9. The van der Waals surface area contributed by atoms with Gasteiger partial charge < -0.3 is 15.2 Å². The Kier molecular flexibility index (Phi) is 6.80. The van der Waals surface area contributed by atoms with Crippen LogP contribution in [0.2, 0.25) is 0 Å². The Morgan fingerprint density at radius 3 is 2.62 bits per heavy atom. The second-order valence-corrected chi connectivity index (χ2v) is 11.2. The number of fused-ring (bicyclic) bond motifs is 5. The van der Waals surface area contributed by atoms with Gasteiger partial charge in [-0.15, -0.1) is 0 Å². The predicted octanol–water partition coefficient (Wildman–Crippen LogP) is 5.98. The summed E-state index contributed by atoms with van der Waals surface area (Å²) in [6.07, 6.45) is 10.5. The molecule has 1 saturated carbocycles. The van der Waals surface area contributed by atoms with E-state index in [9.17, 15) is 14.7 Å². The molecule has 6 aliphatic rings. The second kappa shape index (κ2) is 10.4. The highest BCUT2D eigenvalue weighted by atomic mass is 16.5. The number of nitrogens with one attached hydrogen (secondary N) is 1. The molecule has 2 N–H and O–H groups in total. The van der Waals surface area contributed by atoms with E-state index in [2.05, 4.69) is 24.9 Å². The van der Waals surface area contributed by atoms with Crippen LogP contribution in [0.3, 0.4) is 0 Å². The molecule has 0 amide bonds. The van der Waals surface area contributed by atoms with Gasteiger partial charge in [0.2, 0.25) is 0 Å². The number of allylic oxidation sites excluding steroid dienone is 12. The Morgan fingerprint density at radius 2 is 1.93 bits per heavy atom. The summed E-state index contributed by atoms with van der Waals surface area (Å²) in [5.74, 6) is -0.221. The summed E-state index contributed by atoms with van der Waals surface area (Å²) in [6, 6.07) is 0. The number of carbonyl (C=O) groups excluding carboxylic acids is 2. The van der Waals surface area contributed by atoms with Crippen molar-refractivity contribution in [2.75, 3.05) is 7.11 Å². The van der Waals surface area contributed by atoms with Crippen LogP contribution < -0.4 is 5.32 Å². The lowest BCUT2D eigenvalue weighted by Gasteiger charge is -2.17. The van der Waals surface area contributed by atoms with E-state index < -0.39 is 0 Å². The van der Waals surface area contributed by atoms with E-state index in [-0.39, 0.29) is 36.4 Å². The lowest BCUT2D eigenvalue weighted by atomic mass is 9.86. The van der Waals surface area contributed by atoms with Crippen molar-refractivity contribution in [2.24, 2.45) is 26.8 Å². The minimum absolute atomic E-state index is 0.0300. The van der Waals surface area contributed by atoms with Crippen LogP contribution in [-0.2, 0) is 14.3 Å². The van der Waals surface area contributed by atoms with Gasteiger partial charge in [-0.2, -0.15) is 0 Å². The van der Waals surface area contributed by atoms with Crippen LogP contribution in [0.15, 0.2) is 120 Å². The molecule has 0 aromatic carbocycles. The molecule has 0 radical (unpaired) electrons. The molecule has 8 heteroatoms. The highest BCUT2D eigenvalue weighted by molar-refractivity contribution is 6.38. The fourth-order valence-corrected chi connectivity index (χ4v) is 6.70. The molecule has 5 aliphatic heterocycles. The molecule has 1 saturated heterocycles. The molecule has 6 rings (SSSR count). The van der Waals surface area contributed by atoms with Crippen molar-refractivity contribution < 1.29 is 19.4 Å². The number of rotatable bonds is 5. The molecule has 8 nitrogen and oxygen atoms in total. The van der Waals surface area contributed by atoms with Gasteiger partial charge in [0.1, 0.15) is 0 Å². The highest BCUT2D eigenvalue weighted by Crippen LogP contribution is 2.45. The molecular formula is C34H34N4O4. The van der Waals surface area contributed by atoms with E-state index in [1.807, 2.05) is 32.9 Å². The van der Waals surface area contributed by atoms with Crippen LogP contribution >= 0.6 is 0 Å². The number of ketones is 1. The SMILES string of the molecule is C=CC1=C(C)C2=NC1=CC1=NC(=C(CC)/C1=C/O)C=C1N=C3C(=C4NC(=C2)C(C)C4CCC(=O)OC)CC(=O)C3=C1C. The monoisotopic (exact) mass is 562 g/mol. The first-order valence-electron chi connectivity index (χ1n) is 14.4. The zero-order valence-electron chi connectivity index (χ0n) is 24.6. The van der Waals surface area contributed by atoms with Crippen LogP contribution in [0, 0.1) is 11.8 Å². The van der Waals surface area contributed by atoms with Crippen molar-refractivity contribution in [3.05, 3.63) is 105 Å². The third-order valence-electron chi connectivity index (χ3n) is 9.07. The van der Waals surface area contributed by atoms with Gasteiger partial charge in [-0.3, -0.25) is 9.59 Å². The Balaban J connectivity index is 1.62. The number of aliphatic hydroxyl groups excluding tert-OH is 1. The van der Waals surface area contributed by atoms with Gasteiger partial charge in [0.25, 0.3) is 0 Å². The molecule has 214 valence electrons. The quantitative estimate of drug-likeness (QED) is 0.316. The van der Waals surface area contributed by atoms with E-state index in [1.165, 1.54) is 7.11 Å². The molecule has 0 spiro atoms. The summed E-state index contributed by atoms with van der Waals surface area (Å²) in [5.41, 5.74) is 11.9. The minimum atomic E-state index is -0.262. The first kappa shape index (κ1) is 27.6. The summed E-state index contributed by atoms with van der Waals surface area (Å²) in [4.78, 5) is 40.5. The van der Waals surface area contributed by atoms with E-state index in [0.717, 1.165) is 56.9 Å². The Labute approximate surface area is 245 Å². The van der Waals surface area contributed by atoms with Crippen LogP contribution in [0.5, 0.6) is 0 Å². The van der Waals surface area contributed by atoms with Crippen LogP contribution in [-0.4, -0.2) is 41.1 Å². The third-order valence-corrected chi connectivity index (χ3v) is 9.07. The van der Waals surface area contributed by atoms with Gasteiger partial charge in [0, 0.05) is 58.4 Å². The summed E-state index contributed by atoms with van der Waals surface area (Å²) in [7, 11) is 1.40. The van der Waals surface area contributed by atoms with Crippen molar-refractivity contribution in [1.82, 2.24) is 5.32 Å². The van der Waals surface area contributed by atoms with Gasteiger partial charge in [-0.25, -0.2) is 15.0 Å². The number of aliphatic hydroxyl groups is 1. The molecule has 2 unspecified atom stereocenters. The topological polar surface area (TPSA) is 113 Å². The number of esters is 1. The zero-order chi connectivity index (χ0) is 29.9. The van der Waals surface area contributed by atoms with Gasteiger partial charge >= 0.3 is 5.97 Å². The number of hydrogen-bond acceptors (Lipinski definition) is 8. The molecule has 5 heterocycles. The molecule has 42 heavy (non-hydrogen) atoms. The number of nitrogens with zero attached hydrogens (tertiary/aromatic N) is 3. The van der Waals surface area contributed by atoms with Crippen molar-refractivity contribution in [2.45, 2.75) is 53.4 Å². The summed E-state index contributed by atoms with van der Waals surface area (Å²) in [6.45, 7) is 12.1. The zero-order valence-corrected chi connectivity index (χ0v) is 24.6. The number of hydrogen-bond donors (Lipinski definition) is 2. The Hall–Kier alpha value is -4.59. The van der Waals surface area contributed by atoms with Crippen LogP contribution in [0.25, 0.3) is 0 Å². The van der Waals surface area contributed by atoms with E-state index >= 15 is 0 Å². The molecule has 1 aliphatic carbocycles. The van der Waals surface area contributed by atoms with E-state index in [4.69, 9.17) is 19.7 Å². The summed E-state index contributed by atoms with van der Waals surface area (Å²) >= 11 is 0. The lowest BCUT2D eigenvalue weighted by Crippen LogP contribution is -2.15. The van der Waals surface area contributed by atoms with E-state index in [1.54, 1.807) is 6.08 Å². The number of aliphatic imine (C=N–C) groups is 3. The maximum atomic E-state index is 13.4. The largest absolute Gasteiger partial charge is 0.515 e. The van der Waals surface area contributed by atoms with Crippen molar-refractivity contribution in [1.29, 1.82) is 0 Å². The Morgan fingerprint density at radius 1 is 1.14 bits per heavy atom. The number of ether oxygens (including phenoxy) is 1. The van der Waals surface area contributed by atoms with E-state index in [0.29, 0.717) is 46.8 Å². The average Bonchev–Trinajstić information content (AvgIpc) is 3.73. The maximum absolute atomic E-state index is 13.4. The Bertz CT molecular complexity index is 1730.